The van der Waals surface area contributed by atoms with E-state index in [1.807, 2.05) is 0 Å². The van der Waals surface area contributed by atoms with Crippen LogP contribution in [0.25, 0.3) is 0 Å². The lowest BCUT2D eigenvalue weighted by Gasteiger charge is -2.29. The van der Waals surface area contributed by atoms with Gasteiger partial charge in [0.1, 0.15) is 0 Å². The Labute approximate surface area is 68.1 Å². The van der Waals surface area contributed by atoms with Crippen LogP contribution in [0.3, 0.4) is 0 Å². The fourth-order valence-corrected chi connectivity index (χ4v) is 2.49. The molecule has 4 atom stereocenters. The standard InChI is InChI=1S/C9H17NO/c1-6-5-7-8(10)3-2-4-9(7)11-6/h6-9H,2-5,10H2,1H3/t6-,7-,8-,9+/m0/s1. The number of ether oxygens (including phenoxy) is 1. The summed E-state index contributed by atoms with van der Waals surface area (Å²) >= 11 is 0. The summed E-state index contributed by atoms with van der Waals surface area (Å²) in [7, 11) is 0. The Kier molecular flexibility index (Phi) is 1.90. The Morgan fingerprint density at radius 2 is 2.18 bits per heavy atom. The van der Waals surface area contributed by atoms with Gasteiger partial charge in [-0.15, -0.1) is 0 Å². The summed E-state index contributed by atoms with van der Waals surface area (Å²) in [5.74, 6) is 0.666. The predicted octanol–water partition coefficient (Wildman–Crippen LogP) is 1.29. The third kappa shape index (κ3) is 1.30. The van der Waals surface area contributed by atoms with Crippen molar-refractivity contribution in [3.63, 3.8) is 0 Å². The van der Waals surface area contributed by atoms with Gasteiger partial charge in [-0.25, -0.2) is 0 Å². The molecule has 0 unspecified atom stereocenters. The topological polar surface area (TPSA) is 35.2 Å². The van der Waals surface area contributed by atoms with E-state index in [2.05, 4.69) is 6.92 Å². The summed E-state index contributed by atoms with van der Waals surface area (Å²) in [5.41, 5.74) is 6.00. The highest BCUT2D eigenvalue weighted by molar-refractivity contribution is 4.90. The lowest BCUT2D eigenvalue weighted by molar-refractivity contribution is 0.0230. The minimum Gasteiger partial charge on any atom is -0.375 e. The molecule has 0 spiro atoms. The van der Waals surface area contributed by atoms with Crippen LogP contribution in [0.15, 0.2) is 0 Å². The molecule has 11 heavy (non-hydrogen) atoms. The number of hydrogen-bond acceptors (Lipinski definition) is 2. The third-order valence-corrected chi connectivity index (χ3v) is 3.06. The van der Waals surface area contributed by atoms with Crippen LogP contribution in [0.4, 0.5) is 0 Å². The van der Waals surface area contributed by atoms with Crippen molar-refractivity contribution in [1.82, 2.24) is 0 Å². The highest BCUT2D eigenvalue weighted by Gasteiger charge is 2.38. The molecule has 0 aromatic heterocycles. The van der Waals surface area contributed by atoms with Crippen molar-refractivity contribution in [3.05, 3.63) is 0 Å². The average molecular weight is 155 g/mol. The monoisotopic (exact) mass is 155 g/mol. The Hall–Kier alpha value is -0.0800. The van der Waals surface area contributed by atoms with E-state index in [9.17, 15) is 0 Å². The number of rotatable bonds is 0. The molecule has 2 N–H and O–H groups in total. The van der Waals surface area contributed by atoms with Gasteiger partial charge in [0.25, 0.3) is 0 Å². The zero-order chi connectivity index (χ0) is 7.84. The first-order chi connectivity index (χ1) is 5.27. The molecule has 2 heteroatoms. The molecular weight excluding hydrogens is 138 g/mol. The molecule has 1 heterocycles. The van der Waals surface area contributed by atoms with Gasteiger partial charge >= 0.3 is 0 Å². The van der Waals surface area contributed by atoms with Crippen LogP contribution in [0.5, 0.6) is 0 Å². The molecule has 2 nitrogen and oxygen atoms in total. The second-order valence-electron chi connectivity index (χ2n) is 3.98. The van der Waals surface area contributed by atoms with Gasteiger partial charge in [0.2, 0.25) is 0 Å². The van der Waals surface area contributed by atoms with E-state index in [-0.39, 0.29) is 0 Å². The SMILES string of the molecule is C[C@H]1C[C@H]2[C@@H](N)CCC[C@H]2O1. The Morgan fingerprint density at radius 1 is 1.36 bits per heavy atom. The number of nitrogens with two attached hydrogens (primary N) is 1. The molecular formula is C9H17NO. The number of hydrogen-bond donors (Lipinski definition) is 1. The lowest BCUT2D eigenvalue weighted by Crippen LogP contribution is -2.38. The summed E-state index contributed by atoms with van der Waals surface area (Å²) in [5, 5.41) is 0. The van der Waals surface area contributed by atoms with Crippen LogP contribution in [0, 0.1) is 5.92 Å². The van der Waals surface area contributed by atoms with Gasteiger partial charge in [0.05, 0.1) is 12.2 Å². The molecule has 2 aliphatic rings. The lowest BCUT2D eigenvalue weighted by atomic mass is 9.82. The molecule has 0 aromatic rings. The summed E-state index contributed by atoms with van der Waals surface area (Å²) in [4.78, 5) is 0. The van der Waals surface area contributed by atoms with Crippen LogP contribution in [-0.4, -0.2) is 18.2 Å². The molecule has 64 valence electrons. The van der Waals surface area contributed by atoms with Crippen molar-refractivity contribution in [2.45, 2.75) is 50.9 Å². The minimum absolute atomic E-state index is 0.415. The first-order valence-electron chi connectivity index (χ1n) is 4.68. The molecule has 2 fully saturated rings. The molecule has 0 amide bonds. The molecule has 1 aliphatic heterocycles. The molecule has 2 rings (SSSR count). The molecule has 0 bridgehead atoms. The van der Waals surface area contributed by atoms with Gasteiger partial charge in [0.15, 0.2) is 0 Å². The zero-order valence-electron chi connectivity index (χ0n) is 7.12. The largest absolute Gasteiger partial charge is 0.375 e. The van der Waals surface area contributed by atoms with Gasteiger partial charge in [-0.3, -0.25) is 0 Å². The first kappa shape index (κ1) is 7.56. The maximum Gasteiger partial charge on any atom is 0.0622 e. The van der Waals surface area contributed by atoms with Crippen molar-refractivity contribution >= 4 is 0 Å². The molecule has 0 radical (unpaired) electrons. The van der Waals surface area contributed by atoms with Crippen LogP contribution in [0.1, 0.15) is 32.6 Å². The van der Waals surface area contributed by atoms with E-state index in [0.29, 0.717) is 24.2 Å². The summed E-state index contributed by atoms with van der Waals surface area (Å²) in [6.45, 7) is 2.16. The Bertz CT molecular complexity index is 148. The third-order valence-electron chi connectivity index (χ3n) is 3.06. The first-order valence-corrected chi connectivity index (χ1v) is 4.68. The smallest absolute Gasteiger partial charge is 0.0622 e. The van der Waals surface area contributed by atoms with Crippen molar-refractivity contribution in [2.75, 3.05) is 0 Å². The van der Waals surface area contributed by atoms with Crippen LogP contribution >= 0.6 is 0 Å². The number of fused-ring (bicyclic) bond motifs is 1. The van der Waals surface area contributed by atoms with Gasteiger partial charge in [0, 0.05) is 12.0 Å². The summed E-state index contributed by atoms with van der Waals surface area (Å²) in [6, 6.07) is 0.415. The quantitative estimate of drug-likeness (QED) is 0.572. The van der Waals surface area contributed by atoms with Crippen LogP contribution in [-0.2, 0) is 4.74 Å². The predicted molar refractivity (Wildman–Crippen MR) is 44.3 cm³/mol. The normalized spacial score (nSPS) is 50.7. The van der Waals surface area contributed by atoms with Gasteiger partial charge in [-0.05, 0) is 32.6 Å². The highest BCUT2D eigenvalue weighted by Crippen LogP contribution is 2.36. The highest BCUT2D eigenvalue weighted by atomic mass is 16.5. The fourth-order valence-electron chi connectivity index (χ4n) is 2.49. The maximum absolute atomic E-state index is 6.00. The fraction of sp³-hybridized carbons (Fsp3) is 1.00. The van der Waals surface area contributed by atoms with Gasteiger partial charge in [-0.2, -0.15) is 0 Å². The second-order valence-corrected chi connectivity index (χ2v) is 3.98. The van der Waals surface area contributed by atoms with E-state index in [1.165, 1.54) is 25.7 Å². The Balaban J connectivity index is 2.03. The second kappa shape index (κ2) is 2.76. The van der Waals surface area contributed by atoms with Crippen LogP contribution in [0.2, 0.25) is 0 Å². The molecule has 1 saturated carbocycles. The molecule has 1 saturated heterocycles. The summed E-state index contributed by atoms with van der Waals surface area (Å²) in [6.07, 6.45) is 5.84. The van der Waals surface area contributed by atoms with E-state index in [1.54, 1.807) is 0 Å². The average Bonchev–Trinajstić information content (AvgIpc) is 2.31. The Morgan fingerprint density at radius 3 is 2.91 bits per heavy atom. The van der Waals surface area contributed by atoms with Crippen molar-refractivity contribution < 1.29 is 4.74 Å². The van der Waals surface area contributed by atoms with Gasteiger partial charge < -0.3 is 10.5 Å². The van der Waals surface area contributed by atoms with E-state index in [4.69, 9.17) is 10.5 Å². The van der Waals surface area contributed by atoms with E-state index < -0.39 is 0 Å². The van der Waals surface area contributed by atoms with Crippen molar-refractivity contribution in [2.24, 2.45) is 11.7 Å². The van der Waals surface area contributed by atoms with Crippen molar-refractivity contribution in [1.29, 1.82) is 0 Å². The molecule has 1 aliphatic carbocycles. The van der Waals surface area contributed by atoms with E-state index >= 15 is 0 Å². The summed E-state index contributed by atoms with van der Waals surface area (Å²) < 4.78 is 5.76. The van der Waals surface area contributed by atoms with E-state index in [0.717, 1.165) is 0 Å². The molecule has 0 aromatic carbocycles. The van der Waals surface area contributed by atoms with Crippen LogP contribution < -0.4 is 5.73 Å². The maximum atomic E-state index is 6.00. The minimum atomic E-state index is 0.415. The van der Waals surface area contributed by atoms with Gasteiger partial charge in [-0.1, -0.05) is 0 Å². The zero-order valence-corrected chi connectivity index (χ0v) is 7.12. The van der Waals surface area contributed by atoms with Crippen molar-refractivity contribution in [3.8, 4) is 0 Å².